The van der Waals surface area contributed by atoms with E-state index in [4.69, 9.17) is 0 Å². The Kier molecular flexibility index (Phi) is 7.77. The van der Waals surface area contributed by atoms with E-state index in [1.54, 1.807) is 0 Å². The Hall–Kier alpha value is -0.370. The quantitative estimate of drug-likeness (QED) is 0.629. The van der Waals surface area contributed by atoms with E-state index in [-0.39, 0.29) is 5.48 Å². The molecule has 2 heteroatoms. The minimum Gasteiger partial charge on any atom is -0.412 e. The summed E-state index contributed by atoms with van der Waals surface area (Å²) in [4.78, 5) is 11.5. The molecule has 0 aromatic heterocycles. The molecule has 1 atom stereocenters. The highest BCUT2D eigenvalue weighted by Crippen LogP contribution is 2.25. The summed E-state index contributed by atoms with van der Waals surface area (Å²) < 4.78 is 0. The first-order valence-electron chi connectivity index (χ1n) is 5.87. The molecule has 0 heterocycles. The van der Waals surface area contributed by atoms with Gasteiger partial charge in [0.15, 0.2) is 0 Å². The third-order valence-electron chi connectivity index (χ3n) is 3.09. The second kappa shape index (κ2) is 7.98. The molecule has 0 aliphatic heterocycles. The summed E-state index contributed by atoms with van der Waals surface area (Å²) in [5, 5.41) is 0. The van der Waals surface area contributed by atoms with Gasteiger partial charge in [0, 0.05) is 12.3 Å². The van der Waals surface area contributed by atoms with Crippen LogP contribution in [-0.4, -0.2) is 11.3 Å². The maximum Gasteiger partial charge on any atom is 0.135 e. The number of carbonyl (C=O) groups excluding carboxylic acids is 1. The van der Waals surface area contributed by atoms with E-state index < -0.39 is 0 Å². The van der Waals surface area contributed by atoms with Crippen LogP contribution in [0.2, 0.25) is 0 Å². The van der Waals surface area contributed by atoms with Crippen LogP contribution >= 0.6 is 0 Å². The molecule has 0 spiro atoms. The van der Waals surface area contributed by atoms with Gasteiger partial charge in [-0.3, -0.25) is 4.79 Å². The molecule has 1 aliphatic rings. The SMILES string of the molecule is CCCCCCC1CCCCC1=O.O. The molecule has 0 aromatic rings. The number of hydrogen-bond acceptors (Lipinski definition) is 1. The maximum atomic E-state index is 11.5. The highest BCUT2D eigenvalue weighted by atomic mass is 16.1. The van der Waals surface area contributed by atoms with Gasteiger partial charge in [-0.25, -0.2) is 0 Å². The number of unbranched alkanes of at least 4 members (excludes halogenated alkanes) is 3. The number of hydrogen-bond donors (Lipinski definition) is 0. The molecule has 0 saturated heterocycles. The zero-order valence-corrected chi connectivity index (χ0v) is 9.35. The summed E-state index contributed by atoms with van der Waals surface area (Å²) in [5.74, 6) is 0.980. The fraction of sp³-hybridized carbons (Fsp3) is 0.917. The third kappa shape index (κ3) is 4.75. The van der Waals surface area contributed by atoms with Crippen LogP contribution in [0, 0.1) is 5.92 Å². The molecule has 1 rings (SSSR count). The second-order valence-electron chi connectivity index (χ2n) is 4.26. The second-order valence-corrected chi connectivity index (χ2v) is 4.26. The highest BCUT2D eigenvalue weighted by molar-refractivity contribution is 5.81. The summed E-state index contributed by atoms with van der Waals surface area (Å²) >= 11 is 0. The number of Topliss-reactive ketones (excluding diaryl/α,β-unsaturated/α-hetero) is 1. The Morgan fingerprint density at radius 3 is 2.64 bits per heavy atom. The van der Waals surface area contributed by atoms with E-state index in [1.807, 2.05) is 0 Å². The summed E-state index contributed by atoms with van der Waals surface area (Å²) in [6.45, 7) is 2.23. The molecule has 1 fully saturated rings. The Labute approximate surface area is 87.4 Å². The fourth-order valence-corrected chi connectivity index (χ4v) is 2.18. The van der Waals surface area contributed by atoms with Gasteiger partial charge in [0.2, 0.25) is 0 Å². The van der Waals surface area contributed by atoms with Gasteiger partial charge in [-0.05, 0) is 19.3 Å². The normalized spacial score (nSPS) is 21.8. The van der Waals surface area contributed by atoms with Gasteiger partial charge in [-0.15, -0.1) is 0 Å². The molecule has 2 nitrogen and oxygen atoms in total. The van der Waals surface area contributed by atoms with Gasteiger partial charge in [-0.1, -0.05) is 39.0 Å². The van der Waals surface area contributed by atoms with Crippen molar-refractivity contribution in [1.82, 2.24) is 0 Å². The van der Waals surface area contributed by atoms with Crippen LogP contribution in [0.1, 0.15) is 64.7 Å². The summed E-state index contributed by atoms with van der Waals surface area (Å²) in [7, 11) is 0. The van der Waals surface area contributed by atoms with Gasteiger partial charge < -0.3 is 5.48 Å². The molecule has 1 unspecified atom stereocenters. The molecule has 1 saturated carbocycles. The first kappa shape index (κ1) is 13.6. The predicted molar refractivity (Wildman–Crippen MR) is 59.3 cm³/mol. The lowest BCUT2D eigenvalue weighted by Crippen LogP contribution is -2.18. The van der Waals surface area contributed by atoms with Crippen LogP contribution in [-0.2, 0) is 4.79 Å². The largest absolute Gasteiger partial charge is 0.412 e. The highest BCUT2D eigenvalue weighted by Gasteiger charge is 2.20. The maximum absolute atomic E-state index is 11.5. The van der Waals surface area contributed by atoms with E-state index >= 15 is 0 Å². The van der Waals surface area contributed by atoms with Crippen LogP contribution in [0.3, 0.4) is 0 Å². The van der Waals surface area contributed by atoms with Gasteiger partial charge in [-0.2, -0.15) is 0 Å². The van der Waals surface area contributed by atoms with Gasteiger partial charge in [0.05, 0.1) is 0 Å². The van der Waals surface area contributed by atoms with Crippen molar-refractivity contribution in [2.24, 2.45) is 5.92 Å². The van der Waals surface area contributed by atoms with E-state index in [9.17, 15) is 4.79 Å². The van der Waals surface area contributed by atoms with Gasteiger partial charge in [0.25, 0.3) is 0 Å². The van der Waals surface area contributed by atoms with E-state index in [2.05, 4.69) is 6.92 Å². The molecule has 2 N–H and O–H groups in total. The smallest absolute Gasteiger partial charge is 0.135 e. The van der Waals surface area contributed by atoms with Crippen molar-refractivity contribution in [3.63, 3.8) is 0 Å². The van der Waals surface area contributed by atoms with Crippen molar-refractivity contribution in [2.45, 2.75) is 64.7 Å². The molecule has 0 aromatic carbocycles. The first-order valence-corrected chi connectivity index (χ1v) is 5.87. The van der Waals surface area contributed by atoms with Crippen LogP contribution in [0.4, 0.5) is 0 Å². The first-order chi connectivity index (χ1) is 6.34. The Balaban J connectivity index is 0.00000169. The third-order valence-corrected chi connectivity index (χ3v) is 3.09. The van der Waals surface area contributed by atoms with E-state index in [0.29, 0.717) is 11.7 Å². The van der Waals surface area contributed by atoms with Crippen LogP contribution in [0.15, 0.2) is 0 Å². The van der Waals surface area contributed by atoms with Crippen molar-refractivity contribution in [3.8, 4) is 0 Å². The molecular formula is C12H24O2. The molecule has 14 heavy (non-hydrogen) atoms. The Morgan fingerprint density at radius 2 is 2.00 bits per heavy atom. The van der Waals surface area contributed by atoms with Crippen molar-refractivity contribution in [3.05, 3.63) is 0 Å². The van der Waals surface area contributed by atoms with Crippen molar-refractivity contribution < 1.29 is 10.3 Å². The summed E-state index contributed by atoms with van der Waals surface area (Å²) in [6, 6.07) is 0. The van der Waals surface area contributed by atoms with Gasteiger partial charge >= 0.3 is 0 Å². The van der Waals surface area contributed by atoms with E-state index in [1.165, 1.54) is 44.9 Å². The minimum absolute atomic E-state index is 0. The summed E-state index contributed by atoms with van der Waals surface area (Å²) in [5.41, 5.74) is 0. The number of ketones is 1. The zero-order chi connectivity index (χ0) is 9.52. The number of rotatable bonds is 5. The molecule has 1 aliphatic carbocycles. The Bertz CT molecular complexity index is 154. The van der Waals surface area contributed by atoms with Crippen LogP contribution < -0.4 is 0 Å². The molecule has 0 radical (unpaired) electrons. The average Bonchev–Trinajstić information content (AvgIpc) is 2.15. The monoisotopic (exact) mass is 200 g/mol. The lowest BCUT2D eigenvalue weighted by molar-refractivity contribution is -0.124. The Morgan fingerprint density at radius 1 is 1.21 bits per heavy atom. The molecule has 0 amide bonds. The topological polar surface area (TPSA) is 48.6 Å². The van der Waals surface area contributed by atoms with Crippen molar-refractivity contribution >= 4 is 5.78 Å². The van der Waals surface area contributed by atoms with Crippen molar-refractivity contribution in [2.75, 3.05) is 0 Å². The van der Waals surface area contributed by atoms with Crippen LogP contribution in [0.5, 0.6) is 0 Å². The summed E-state index contributed by atoms with van der Waals surface area (Å²) in [6.07, 6.45) is 10.8. The van der Waals surface area contributed by atoms with Crippen LogP contribution in [0.25, 0.3) is 0 Å². The number of carbonyl (C=O) groups is 1. The van der Waals surface area contributed by atoms with Gasteiger partial charge in [0.1, 0.15) is 5.78 Å². The minimum atomic E-state index is 0. The van der Waals surface area contributed by atoms with Crippen molar-refractivity contribution in [1.29, 1.82) is 0 Å². The zero-order valence-electron chi connectivity index (χ0n) is 9.35. The predicted octanol–water partition coefficient (Wildman–Crippen LogP) is 2.89. The molecular weight excluding hydrogens is 176 g/mol. The molecule has 0 bridgehead atoms. The fourth-order valence-electron chi connectivity index (χ4n) is 2.18. The lowest BCUT2D eigenvalue weighted by Gasteiger charge is -2.19. The standard InChI is InChI=1S/C12H22O.H2O/c1-2-3-4-5-8-11-9-6-7-10-12(11)13;/h11H,2-10H2,1H3;1H2. The molecule has 84 valence electrons. The average molecular weight is 200 g/mol. The van der Waals surface area contributed by atoms with E-state index in [0.717, 1.165) is 12.8 Å². The lowest BCUT2D eigenvalue weighted by atomic mass is 9.84.